The molecular weight excluding hydrogens is 156 g/mol. The monoisotopic (exact) mass is 172 g/mol. The lowest BCUT2D eigenvalue weighted by Gasteiger charge is -2.11. The Hall–Kier alpha value is -0.480. The average molecular weight is 172 g/mol. The number of azo groups is 1. The summed E-state index contributed by atoms with van der Waals surface area (Å²) in [6, 6.07) is 0. The molecule has 0 saturated carbocycles. The maximum absolute atomic E-state index is 11.0. The first-order valence-corrected chi connectivity index (χ1v) is 3.95. The summed E-state index contributed by atoms with van der Waals surface area (Å²) in [6.45, 7) is 6.40. The van der Waals surface area contributed by atoms with E-state index in [1.165, 1.54) is 27.7 Å². The highest BCUT2D eigenvalue weighted by atomic mass is 16.3. The second-order valence-corrected chi connectivity index (χ2v) is 4.12. The fourth-order valence-electron chi connectivity index (χ4n) is 0.441. The molecule has 0 aliphatic heterocycles. The van der Waals surface area contributed by atoms with E-state index in [2.05, 4.69) is 10.2 Å². The molecule has 0 saturated heterocycles. The van der Waals surface area contributed by atoms with Crippen LogP contribution in [0.2, 0.25) is 0 Å². The smallest absolute Gasteiger partial charge is 0.119 e. The van der Waals surface area contributed by atoms with Gasteiger partial charge >= 0.3 is 0 Å². The first kappa shape index (κ1) is 11.5. The van der Waals surface area contributed by atoms with Gasteiger partial charge in [0.05, 0.1) is 13.1 Å². The van der Waals surface area contributed by atoms with E-state index >= 15 is 0 Å². The third kappa shape index (κ3) is 9.52. The van der Waals surface area contributed by atoms with Gasteiger partial charge in [-0.2, -0.15) is 10.2 Å². The molecule has 0 bridgehead atoms. The Morgan fingerprint density at radius 1 is 0.833 bits per heavy atom. The van der Waals surface area contributed by atoms with E-state index in [1.54, 1.807) is 0 Å². The highest BCUT2D eigenvalue weighted by molar-refractivity contribution is 4.69. The van der Waals surface area contributed by atoms with Crippen LogP contribution in [0.3, 0.4) is 0 Å². The largest absolute Gasteiger partial charge is 0.228 e. The van der Waals surface area contributed by atoms with Crippen molar-refractivity contribution in [3.63, 3.8) is 0 Å². The van der Waals surface area contributed by atoms with Crippen LogP contribution in [0.15, 0.2) is 10.2 Å². The van der Waals surface area contributed by atoms with Crippen LogP contribution in [0, 0.1) is 0 Å². The number of hydrogen-bond acceptors (Lipinski definition) is 2. The molecule has 0 aliphatic carbocycles. The van der Waals surface area contributed by atoms with Crippen LogP contribution in [0.25, 0.3) is 0 Å². The van der Waals surface area contributed by atoms with Gasteiger partial charge in [-0.3, -0.25) is 0 Å². The van der Waals surface area contributed by atoms with Gasteiger partial charge in [0.2, 0.25) is 0 Å². The van der Waals surface area contributed by atoms with Crippen LogP contribution in [0.1, 0.15) is 27.7 Å². The van der Waals surface area contributed by atoms with Gasteiger partial charge in [0.25, 0.3) is 0 Å². The van der Waals surface area contributed by atoms with E-state index in [9.17, 15) is 10.2 Å². The molecule has 0 heterocycles. The molecule has 70 valence electrons. The Kier molecular flexibility index (Phi) is 3.80. The molecule has 0 amide bonds. The van der Waals surface area contributed by atoms with E-state index in [1.807, 2.05) is 0 Å². The lowest BCUT2D eigenvalue weighted by Crippen LogP contribution is -2.22. The van der Waals surface area contributed by atoms with E-state index in [4.69, 9.17) is 0 Å². The molecule has 0 fully saturated rings. The molecule has 0 N–H and O–H groups in total. The van der Waals surface area contributed by atoms with Crippen LogP contribution >= 0.6 is 0 Å². The molecule has 2 radical (unpaired) electrons. The minimum Gasteiger partial charge on any atom is -0.228 e. The summed E-state index contributed by atoms with van der Waals surface area (Å²) < 4.78 is 0. The van der Waals surface area contributed by atoms with Crippen molar-refractivity contribution in [1.82, 2.24) is 0 Å². The van der Waals surface area contributed by atoms with Crippen molar-refractivity contribution >= 4 is 0 Å². The fourth-order valence-corrected chi connectivity index (χ4v) is 0.441. The van der Waals surface area contributed by atoms with Crippen molar-refractivity contribution in [2.45, 2.75) is 38.9 Å². The standard InChI is InChI=1S/C8H16N2O2/c1-7(2,11)5-9-10-6-8(3,4)12/h5-6H2,1-4H3/b10-9+. The topological polar surface area (TPSA) is 64.5 Å². The summed E-state index contributed by atoms with van der Waals surface area (Å²) in [4.78, 5) is 0. The minimum atomic E-state index is -1.09. The fraction of sp³-hybridized carbons (Fsp3) is 1.00. The normalized spacial score (nSPS) is 14.2. The van der Waals surface area contributed by atoms with Crippen LogP contribution in [-0.2, 0) is 10.2 Å². The molecule has 0 spiro atoms. The maximum atomic E-state index is 11.0. The lowest BCUT2D eigenvalue weighted by atomic mass is 10.1. The van der Waals surface area contributed by atoms with Crippen molar-refractivity contribution in [2.24, 2.45) is 10.2 Å². The van der Waals surface area contributed by atoms with E-state index in [0.29, 0.717) is 0 Å². The first-order valence-electron chi connectivity index (χ1n) is 3.95. The molecule has 4 heteroatoms. The summed E-state index contributed by atoms with van der Waals surface area (Å²) in [5.74, 6) is 0. The molecule has 0 aliphatic rings. The van der Waals surface area contributed by atoms with Crippen LogP contribution < -0.4 is 0 Å². The van der Waals surface area contributed by atoms with E-state index in [0.717, 1.165) is 0 Å². The van der Waals surface area contributed by atoms with Gasteiger partial charge in [-0.05, 0) is 27.7 Å². The van der Waals surface area contributed by atoms with Gasteiger partial charge in [-0.15, -0.1) is 0 Å². The molecular formula is C8H16N2O2. The summed E-state index contributed by atoms with van der Waals surface area (Å²) in [7, 11) is 0. The first-order chi connectivity index (χ1) is 5.21. The van der Waals surface area contributed by atoms with E-state index in [-0.39, 0.29) is 13.1 Å². The Morgan fingerprint density at radius 2 is 1.08 bits per heavy atom. The number of hydrogen-bond donors (Lipinski definition) is 0. The minimum absolute atomic E-state index is 0.128. The van der Waals surface area contributed by atoms with Gasteiger partial charge in [-0.1, -0.05) is 0 Å². The van der Waals surface area contributed by atoms with Crippen molar-refractivity contribution in [3.8, 4) is 0 Å². The zero-order valence-electron chi connectivity index (χ0n) is 8.13. The molecule has 0 aromatic carbocycles. The SMILES string of the molecule is CC(C)([O])C/N=N/CC(C)(C)[O]. The van der Waals surface area contributed by atoms with Crippen molar-refractivity contribution in [1.29, 1.82) is 0 Å². The molecule has 0 unspecified atom stereocenters. The summed E-state index contributed by atoms with van der Waals surface area (Å²) >= 11 is 0. The molecule has 0 rings (SSSR count). The highest BCUT2D eigenvalue weighted by Gasteiger charge is 2.16. The summed E-state index contributed by atoms with van der Waals surface area (Å²) in [6.07, 6.45) is 0. The van der Waals surface area contributed by atoms with Crippen molar-refractivity contribution in [2.75, 3.05) is 13.1 Å². The third-order valence-electron chi connectivity index (χ3n) is 1.00. The molecule has 0 aromatic rings. The molecule has 4 nitrogen and oxygen atoms in total. The Morgan fingerprint density at radius 3 is 1.25 bits per heavy atom. The number of rotatable bonds is 4. The molecule has 12 heavy (non-hydrogen) atoms. The second-order valence-electron chi connectivity index (χ2n) is 4.12. The third-order valence-corrected chi connectivity index (χ3v) is 1.00. The lowest BCUT2D eigenvalue weighted by molar-refractivity contribution is 0.00452. The molecule has 0 atom stereocenters. The van der Waals surface area contributed by atoms with Crippen LogP contribution in [0.4, 0.5) is 0 Å². The van der Waals surface area contributed by atoms with Crippen molar-refractivity contribution in [3.05, 3.63) is 0 Å². The summed E-state index contributed by atoms with van der Waals surface area (Å²) in [5, 5.41) is 29.3. The second kappa shape index (κ2) is 3.96. The highest BCUT2D eigenvalue weighted by Crippen LogP contribution is 2.05. The van der Waals surface area contributed by atoms with Gasteiger partial charge in [0.1, 0.15) is 11.2 Å². The van der Waals surface area contributed by atoms with Gasteiger partial charge in [-0.25, -0.2) is 10.2 Å². The number of nitrogens with zero attached hydrogens (tertiary/aromatic N) is 2. The van der Waals surface area contributed by atoms with Gasteiger partial charge in [0, 0.05) is 0 Å². The van der Waals surface area contributed by atoms with E-state index < -0.39 is 11.2 Å². The quantitative estimate of drug-likeness (QED) is 0.581. The Bertz CT molecular complexity index is 135. The zero-order valence-corrected chi connectivity index (χ0v) is 8.13. The maximum Gasteiger partial charge on any atom is 0.119 e. The predicted octanol–water partition coefficient (Wildman–Crippen LogP) is 1.86. The van der Waals surface area contributed by atoms with Crippen molar-refractivity contribution < 1.29 is 10.2 Å². The van der Waals surface area contributed by atoms with Crippen LogP contribution in [-0.4, -0.2) is 24.3 Å². The molecule has 0 aromatic heterocycles. The Balaban J connectivity index is 3.66. The average Bonchev–Trinajstić information content (AvgIpc) is 1.76. The predicted molar refractivity (Wildman–Crippen MR) is 44.1 cm³/mol. The van der Waals surface area contributed by atoms with Gasteiger partial charge in [0.15, 0.2) is 0 Å². The Labute approximate surface area is 73.3 Å². The van der Waals surface area contributed by atoms with Gasteiger partial charge < -0.3 is 0 Å². The van der Waals surface area contributed by atoms with Crippen LogP contribution in [0.5, 0.6) is 0 Å². The summed E-state index contributed by atoms with van der Waals surface area (Å²) in [5.41, 5.74) is -2.17. The zero-order chi connectivity index (χ0) is 9.83.